The maximum absolute atomic E-state index is 11.2. The molecule has 1 heterocycles. The quantitative estimate of drug-likeness (QED) is 0.854. The van der Waals surface area contributed by atoms with Gasteiger partial charge in [-0.15, -0.1) is 5.10 Å². The Morgan fingerprint density at radius 1 is 1.30 bits per heavy atom. The van der Waals surface area contributed by atoms with Crippen LogP contribution in [0.25, 0.3) is 11.3 Å². The first-order valence-electron chi connectivity index (χ1n) is 5.93. The van der Waals surface area contributed by atoms with Crippen molar-refractivity contribution >= 4 is 11.9 Å². The molecular formula is C13H14N4O3. The summed E-state index contributed by atoms with van der Waals surface area (Å²) in [7, 11) is 0. The van der Waals surface area contributed by atoms with Crippen molar-refractivity contribution in [2.45, 2.75) is 20.4 Å². The van der Waals surface area contributed by atoms with Crippen molar-refractivity contribution < 1.29 is 14.7 Å². The number of rotatable bonds is 4. The summed E-state index contributed by atoms with van der Waals surface area (Å²) in [6, 6.07) is 5.47. The summed E-state index contributed by atoms with van der Waals surface area (Å²) in [5.41, 5.74) is 7.94. The van der Waals surface area contributed by atoms with E-state index in [1.165, 1.54) is 4.68 Å². The monoisotopic (exact) mass is 274 g/mol. The van der Waals surface area contributed by atoms with Crippen molar-refractivity contribution in [1.82, 2.24) is 15.0 Å². The van der Waals surface area contributed by atoms with Gasteiger partial charge in [-0.05, 0) is 31.0 Å². The highest BCUT2D eigenvalue weighted by Gasteiger charge is 2.21. The molecule has 1 amide bonds. The molecule has 0 spiro atoms. The number of aromatic carboxylic acids is 1. The third-order valence-electron chi connectivity index (χ3n) is 3.02. The van der Waals surface area contributed by atoms with Gasteiger partial charge in [0.05, 0.1) is 0 Å². The second kappa shape index (κ2) is 5.12. The summed E-state index contributed by atoms with van der Waals surface area (Å²) in [5.74, 6) is -1.81. The van der Waals surface area contributed by atoms with E-state index in [2.05, 4.69) is 10.3 Å². The number of carbonyl (C=O) groups excluding carboxylic acids is 1. The molecule has 104 valence electrons. The highest BCUT2D eigenvalue weighted by atomic mass is 16.4. The number of carbonyl (C=O) groups is 2. The number of benzene rings is 1. The Kier molecular flexibility index (Phi) is 3.51. The number of aryl methyl sites for hydroxylation is 2. The van der Waals surface area contributed by atoms with Crippen LogP contribution in [0.3, 0.4) is 0 Å². The molecule has 1 aromatic heterocycles. The van der Waals surface area contributed by atoms with Gasteiger partial charge in [-0.25, -0.2) is 9.48 Å². The molecule has 7 nitrogen and oxygen atoms in total. The number of aromatic nitrogens is 3. The average molecular weight is 274 g/mol. The smallest absolute Gasteiger partial charge is 0.358 e. The van der Waals surface area contributed by atoms with Gasteiger partial charge < -0.3 is 10.8 Å². The minimum atomic E-state index is -1.20. The Balaban J connectivity index is 2.62. The van der Waals surface area contributed by atoms with E-state index in [1.807, 2.05) is 26.0 Å². The number of carboxylic acid groups (broad SMARTS) is 1. The van der Waals surface area contributed by atoms with Crippen LogP contribution in [-0.4, -0.2) is 32.0 Å². The lowest BCUT2D eigenvalue weighted by Gasteiger charge is -2.08. The molecule has 0 aliphatic rings. The Labute approximate surface area is 115 Å². The highest BCUT2D eigenvalue weighted by Crippen LogP contribution is 2.24. The Morgan fingerprint density at radius 2 is 2.00 bits per heavy atom. The van der Waals surface area contributed by atoms with Crippen LogP contribution >= 0.6 is 0 Å². The summed E-state index contributed by atoms with van der Waals surface area (Å²) in [6.07, 6.45) is 0. The molecule has 0 unspecified atom stereocenters. The maximum Gasteiger partial charge on any atom is 0.358 e. The van der Waals surface area contributed by atoms with Crippen LogP contribution in [0, 0.1) is 13.8 Å². The molecule has 1 aromatic carbocycles. The van der Waals surface area contributed by atoms with Crippen LogP contribution in [0.4, 0.5) is 0 Å². The normalized spacial score (nSPS) is 10.5. The number of carboxylic acids is 1. The lowest BCUT2D eigenvalue weighted by atomic mass is 10.0. The highest BCUT2D eigenvalue weighted by molar-refractivity contribution is 5.93. The molecule has 0 saturated carbocycles. The van der Waals surface area contributed by atoms with Crippen molar-refractivity contribution in [3.05, 3.63) is 35.0 Å². The fourth-order valence-corrected chi connectivity index (χ4v) is 1.89. The van der Waals surface area contributed by atoms with Gasteiger partial charge in [-0.1, -0.05) is 17.3 Å². The number of hydrogen-bond acceptors (Lipinski definition) is 4. The summed E-state index contributed by atoms with van der Waals surface area (Å²) < 4.78 is 1.20. The molecule has 0 fully saturated rings. The van der Waals surface area contributed by atoms with E-state index in [1.54, 1.807) is 6.07 Å². The van der Waals surface area contributed by atoms with Gasteiger partial charge in [0.2, 0.25) is 5.91 Å². The molecule has 0 aliphatic carbocycles. The minimum Gasteiger partial charge on any atom is -0.476 e. The van der Waals surface area contributed by atoms with Crippen molar-refractivity contribution in [2.24, 2.45) is 5.73 Å². The van der Waals surface area contributed by atoms with E-state index < -0.39 is 11.9 Å². The zero-order valence-electron chi connectivity index (χ0n) is 11.1. The lowest BCUT2D eigenvalue weighted by Crippen LogP contribution is -2.20. The molecule has 3 N–H and O–H groups in total. The predicted octanol–water partition coefficient (Wildman–Crippen LogP) is 0.745. The largest absolute Gasteiger partial charge is 0.476 e. The Hall–Kier alpha value is -2.70. The predicted molar refractivity (Wildman–Crippen MR) is 71.1 cm³/mol. The summed E-state index contributed by atoms with van der Waals surface area (Å²) in [6.45, 7) is 3.65. The zero-order chi connectivity index (χ0) is 14.9. The van der Waals surface area contributed by atoms with Crippen molar-refractivity contribution in [2.75, 3.05) is 0 Å². The molecule has 0 saturated heterocycles. The van der Waals surface area contributed by atoms with E-state index in [9.17, 15) is 9.59 Å². The Morgan fingerprint density at radius 3 is 2.55 bits per heavy atom. The van der Waals surface area contributed by atoms with E-state index in [-0.39, 0.29) is 17.9 Å². The van der Waals surface area contributed by atoms with Crippen LogP contribution < -0.4 is 5.73 Å². The number of nitrogens with two attached hydrogens (primary N) is 1. The molecular weight excluding hydrogens is 260 g/mol. The number of hydrogen-bond donors (Lipinski definition) is 2. The van der Waals surface area contributed by atoms with E-state index in [0.29, 0.717) is 5.56 Å². The van der Waals surface area contributed by atoms with Crippen LogP contribution in [-0.2, 0) is 11.3 Å². The standard InChI is InChI=1S/C13H14N4O3/c1-7-3-4-9(5-8(7)2)12-11(13(19)20)15-16-17(12)6-10(14)18/h3-5H,6H2,1-2H3,(H2,14,18)(H,19,20). The van der Waals surface area contributed by atoms with Gasteiger partial charge in [0, 0.05) is 5.56 Å². The molecule has 20 heavy (non-hydrogen) atoms. The summed E-state index contributed by atoms with van der Waals surface area (Å²) in [5, 5.41) is 16.5. The number of primary amides is 1. The topological polar surface area (TPSA) is 111 Å². The van der Waals surface area contributed by atoms with E-state index in [0.717, 1.165) is 11.1 Å². The lowest BCUT2D eigenvalue weighted by molar-refractivity contribution is -0.118. The third-order valence-corrected chi connectivity index (χ3v) is 3.02. The number of amides is 1. The van der Waals surface area contributed by atoms with Crippen molar-refractivity contribution in [3.8, 4) is 11.3 Å². The molecule has 2 rings (SSSR count). The van der Waals surface area contributed by atoms with Crippen LogP contribution in [0.5, 0.6) is 0 Å². The summed E-state index contributed by atoms with van der Waals surface area (Å²) >= 11 is 0. The maximum atomic E-state index is 11.2. The second-order valence-electron chi connectivity index (χ2n) is 4.51. The van der Waals surface area contributed by atoms with Crippen molar-refractivity contribution in [1.29, 1.82) is 0 Å². The molecule has 7 heteroatoms. The van der Waals surface area contributed by atoms with Gasteiger partial charge >= 0.3 is 5.97 Å². The van der Waals surface area contributed by atoms with Gasteiger partial charge in [0.1, 0.15) is 12.2 Å². The SMILES string of the molecule is Cc1ccc(-c2c(C(=O)O)nnn2CC(N)=O)cc1C. The first kappa shape index (κ1) is 13.7. The second-order valence-corrected chi connectivity index (χ2v) is 4.51. The molecule has 0 atom stereocenters. The summed E-state index contributed by atoms with van der Waals surface area (Å²) in [4.78, 5) is 22.3. The van der Waals surface area contributed by atoms with E-state index in [4.69, 9.17) is 10.8 Å². The first-order valence-corrected chi connectivity index (χ1v) is 5.93. The van der Waals surface area contributed by atoms with E-state index >= 15 is 0 Å². The van der Waals surface area contributed by atoms with Crippen LogP contribution in [0.15, 0.2) is 18.2 Å². The van der Waals surface area contributed by atoms with Gasteiger partial charge in [0.15, 0.2) is 5.69 Å². The third kappa shape index (κ3) is 2.51. The van der Waals surface area contributed by atoms with Gasteiger partial charge in [-0.3, -0.25) is 4.79 Å². The van der Waals surface area contributed by atoms with Gasteiger partial charge in [-0.2, -0.15) is 0 Å². The number of nitrogens with zero attached hydrogens (tertiary/aromatic N) is 3. The van der Waals surface area contributed by atoms with Crippen molar-refractivity contribution in [3.63, 3.8) is 0 Å². The minimum absolute atomic E-state index is 0.200. The van der Waals surface area contributed by atoms with Crippen LogP contribution in [0.1, 0.15) is 21.6 Å². The fourth-order valence-electron chi connectivity index (χ4n) is 1.89. The fraction of sp³-hybridized carbons (Fsp3) is 0.231. The van der Waals surface area contributed by atoms with Gasteiger partial charge in [0.25, 0.3) is 0 Å². The first-order chi connectivity index (χ1) is 9.40. The molecule has 2 aromatic rings. The molecule has 0 bridgehead atoms. The molecule has 0 radical (unpaired) electrons. The van der Waals surface area contributed by atoms with Crippen LogP contribution in [0.2, 0.25) is 0 Å². The zero-order valence-corrected chi connectivity index (χ0v) is 11.1. The molecule has 0 aliphatic heterocycles. The Bertz CT molecular complexity index is 691. The average Bonchev–Trinajstić information content (AvgIpc) is 2.75.